The first-order chi connectivity index (χ1) is 16.2. The second kappa shape index (κ2) is 9.30. The van der Waals surface area contributed by atoms with Gasteiger partial charge in [0.05, 0.1) is 5.56 Å². The Labute approximate surface area is 198 Å². The molecule has 0 atom stereocenters. The van der Waals surface area contributed by atoms with E-state index in [0.29, 0.717) is 28.0 Å². The van der Waals surface area contributed by atoms with Gasteiger partial charge in [-0.2, -0.15) is 13.2 Å². The molecule has 34 heavy (non-hydrogen) atoms. The Hall–Kier alpha value is -3.65. The summed E-state index contributed by atoms with van der Waals surface area (Å²) in [5.74, 6) is 1.12. The number of alkyl halides is 3. The molecule has 0 unspecified atom stereocenters. The van der Waals surface area contributed by atoms with Crippen molar-refractivity contribution in [2.75, 3.05) is 4.72 Å². The Morgan fingerprint density at radius 3 is 2.53 bits per heavy atom. The van der Waals surface area contributed by atoms with E-state index in [4.69, 9.17) is 4.74 Å². The van der Waals surface area contributed by atoms with E-state index >= 15 is 0 Å². The van der Waals surface area contributed by atoms with Gasteiger partial charge in [0.2, 0.25) is 0 Å². The van der Waals surface area contributed by atoms with Crippen molar-refractivity contribution in [3.05, 3.63) is 100 Å². The fourth-order valence-electron chi connectivity index (χ4n) is 3.67. The van der Waals surface area contributed by atoms with E-state index in [1.165, 1.54) is 29.6 Å². The predicted octanol–water partition coefficient (Wildman–Crippen LogP) is 7.53. The first kappa shape index (κ1) is 23.5. The van der Waals surface area contributed by atoms with Gasteiger partial charge in [-0.1, -0.05) is 24.8 Å². The summed E-state index contributed by atoms with van der Waals surface area (Å²) < 4.78 is 50.6. The maximum atomic E-state index is 13.3. The largest absolute Gasteiger partial charge is 0.457 e. The summed E-state index contributed by atoms with van der Waals surface area (Å²) in [5, 5.41) is 2.02. The Bertz CT molecular complexity index is 1440. The minimum atomic E-state index is -4.56. The highest BCUT2D eigenvalue weighted by molar-refractivity contribution is 8.03. The van der Waals surface area contributed by atoms with Crippen molar-refractivity contribution in [1.29, 1.82) is 0 Å². The van der Waals surface area contributed by atoms with Crippen LogP contribution in [0.25, 0.3) is 21.9 Å². The van der Waals surface area contributed by atoms with Crippen LogP contribution in [0.5, 0.6) is 11.5 Å². The van der Waals surface area contributed by atoms with Crippen LogP contribution in [0.4, 0.5) is 18.9 Å². The number of anilines is 1. The van der Waals surface area contributed by atoms with Crippen molar-refractivity contribution in [1.82, 2.24) is 4.57 Å². The summed E-state index contributed by atoms with van der Waals surface area (Å²) in [4.78, 5) is 12.8. The molecule has 0 radical (unpaired) electrons. The van der Waals surface area contributed by atoms with Crippen molar-refractivity contribution in [3.8, 4) is 22.6 Å². The van der Waals surface area contributed by atoms with Crippen LogP contribution in [-0.2, 0) is 13.2 Å². The van der Waals surface area contributed by atoms with Gasteiger partial charge in [-0.15, -0.1) is 0 Å². The highest BCUT2D eigenvalue weighted by Gasteiger charge is 2.31. The monoisotopic (exact) mass is 482 g/mol. The maximum Gasteiger partial charge on any atom is 0.416 e. The van der Waals surface area contributed by atoms with Crippen LogP contribution in [-0.4, -0.2) is 4.57 Å². The molecule has 174 valence electrons. The summed E-state index contributed by atoms with van der Waals surface area (Å²) in [5.41, 5.74) is 1.57. The molecule has 0 aliphatic heterocycles. The Morgan fingerprint density at radius 2 is 1.82 bits per heavy atom. The topological polar surface area (TPSA) is 43.3 Å². The highest BCUT2D eigenvalue weighted by atomic mass is 32.2. The van der Waals surface area contributed by atoms with Gasteiger partial charge < -0.3 is 14.0 Å². The Balaban J connectivity index is 1.95. The molecule has 1 heterocycles. The molecule has 0 fully saturated rings. The number of nitrogens with one attached hydrogen (secondary N) is 1. The zero-order valence-corrected chi connectivity index (χ0v) is 19.3. The molecule has 1 N–H and O–H groups in total. The molecule has 0 aliphatic rings. The second-order valence-corrected chi connectivity index (χ2v) is 8.51. The summed E-state index contributed by atoms with van der Waals surface area (Å²) >= 11 is 1.28. The number of nitrogens with zero attached hydrogens (tertiary/aromatic N) is 1. The molecule has 0 bridgehead atoms. The summed E-state index contributed by atoms with van der Waals surface area (Å²) in [6, 6.07) is 16.2. The molecule has 1 aromatic heterocycles. The van der Waals surface area contributed by atoms with Gasteiger partial charge >= 0.3 is 6.18 Å². The lowest BCUT2D eigenvalue weighted by atomic mass is 9.97. The SMILES string of the molecule is C=CSNc1ccc(Oc2cccc(C)c2)c(-c2cn(C)c(=O)c3cc(C(F)(F)F)ccc23)c1. The quantitative estimate of drug-likeness (QED) is 0.289. The number of hydrogen-bond donors (Lipinski definition) is 1. The maximum absolute atomic E-state index is 13.3. The normalized spacial score (nSPS) is 11.4. The van der Waals surface area contributed by atoms with Gasteiger partial charge in [0.1, 0.15) is 11.5 Å². The smallest absolute Gasteiger partial charge is 0.416 e. The fraction of sp³-hybridized carbons (Fsp3) is 0.115. The second-order valence-electron chi connectivity index (χ2n) is 7.73. The molecule has 0 amide bonds. The van der Waals surface area contributed by atoms with Gasteiger partial charge in [-0.3, -0.25) is 4.79 Å². The first-order valence-corrected chi connectivity index (χ1v) is 11.2. The summed E-state index contributed by atoms with van der Waals surface area (Å²) in [7, 11) is 1.52. The number of aromatic nitrogens is 1. The van der Waals surface area contributed by atoms with Gasteiger partial charge in [0.15, 0.2) is 0 Å². The predicted molar refractivity (Wildman–Crippen MR) is 132 cm³/mol. The molecule has 0 saturated heterocycles. The molecular formula is C26H21F3N2O2S. The van der Waals surface area contributed by atoms with Crippen molar-refractivity contribution < 1.29 is 17.9 Å². The molecule has 0 aliphatic carbocycles. The zero-order chi connectivity index (χ0) is 24.5. The third-order valence-electron chi connectivity index (χ3n) is 5.26. The van der Waals surface area contributed by atoms with Crippen molar-refractivity contribution >= 4 is 28.4 Å². The van der Waals surface area contributed by atoms with E-state index in [2.05, 4.69) is 11.3 Å². The van der Waals surface area contributed by atoms with Crippen molar-refractivity contribution in [3.63, 3.8) is 0 Å². The van der Waals surface area contributed by atoms with Gasteiger partial charge in [-0.25, -0.2) is 0 Å². The molecule has 3 aromatic carbocycles. The number of fused-ring (bicyclic) bond motifs is 1. The number of pyridine rings is 1. The number of benzene rings is 3. The molecule has 4 aromatic rings. The van der Waals surface area contributed by atoms with E-state index < -0.39 is 17.3 Å². The van der Waals surface area contributed by atoms with Crippen molar-refractivity contribution in [2.45, 2.75) is 13.1 Å². The third kappa shape index (κ3) is 4.82. The van der Waals surface area contributed by atoms with E-state index in [1.807, 2.05) is 43.3 Å². The van der Waals surface area contributed by atoms with E-state index in [0.717, 1.165) is 23.4 Å². The lowest BCUT2D eigenvalue weighted by Gasteiger charge is -2.17. The van der Waals surface area contributed by atoms with Crippen molar-refractivity contribution in [2.24, 2.45) is 7.05 Å². The lowest BCUT2D eigenvalue weighted by Crippen LogP contribution is -2.17. The summed E-state index contributed by atoms with van der Waals surface area (Å²) in [6.07, 6.45) is -2.94. The van der Waals surface area contributed by atoms with Crippen LogP contribution in [0.2, 0.25) is 0 Å². The lowest BCUT2D eigenvalue weighted by molar-refractivity contribution is -0.137. The number of rotatable bonds is 6. The molecular weight excluding hydrogens is 461 g/mol. The first-order valence-electron chi connectivity index (χ1n) is 10.3. The van der Waals surface area contributed by atoms with Crippen LogP contribution in [0.15, 0.2) is 83.6 Å². The Kier molecular flexibility index (Phi) is 6.43. The van der Waals surface area contributed by atoms with E-state index in [9.17, 15) is 18.0 Å². The molecule has 0 spiro atoms. The molecule has 4 nitrogen and oxygen atoms in total. The number of hydrogen-bond acceptors (Lipinski definition) is 4. The average Bonchev–Trinajstić information content (AvgIpc) is 2.80. The van der Waals surface area contributed by atoms with E-state index in [-0.39, 0.29) is 5.39 Å². The van der Waals surface area contributed by atoms with Crippen LogP contribution in [0.3, 0.4) is 0 Å². The van der Waals surface area contributed by atoms with Crippen LogP contribution >= 0.6 is 11.9 Å². The molecule has 0 saturated carbocycles. The van der Waals surface area contributed by atoms with E-state index in [1.54, 1.807) is 17.7 Å². The summed E-state index contributed by atoms with van der Waals surface area (Å²) in [6.45, 7) is 5.62. The Morgan fingerprint density at radius 1 is 1.03 bits per heavy atom. The average molecular weight is 483 g/mol. The zero-order valence-electron chi connectivity index (χ0n) is 18.4. The standard InChI is InChI=1S/C26H21F3N2O2S/c1-4-34-30-18-9-11-24(33-19-7-5-6-16(2)12-19)21(14-18)23-15-31(3)25(32)22-13-17(26(27,28)29)8-10-20(22)23/h4-15,30H,1H2,2-3H3. The highest BCUT2D eigenvalue weighted by Crippen LogP contribution is 2.40. The van der Waals surface area contributed by atoms with Gasteiger partial charge in [0, 0.05) is 35.4 Å². The minimum absolute atomic E-state index is 0.0184. The van der Waals surface area contributed by atoms with Gasteiger partial charge in [-0.05, 0) is 77.7 Å². The number of aryl methyl sites for hydroxylation is 2. The van der Waals surface area contributed by atoms with Gasteiger partial charge in [0.25, 0.3) is 5.56 Å². The van der Waals surface area contributed by atoms with Crippen LogP contribution < -0.4 is 15.0 Å². The van der Waals surface area contributed by atoms with Crippen LogP contribution in [0.1, 0.15) is 11.1 Å². The minimum Gasteiger partial charge on any atom is -0.457 e. The third-order valence-corrected chi connectivity index (χ3v) is 5.78. The number of halogens is 3. The van der Waals surface area contributed by atoms with Crippen LogP contribution in [0, 0.1) is 6.92 Å². The molecule has 4 rings (SSSR count). The number of ether oxygens (including phenoxy) is 1. The molecule has 8 heteroatoms. The fourth-order valence-corrected chi connectivity index (χ4v) is 4.01.